The second kappa shape index (κ2) is 4.37. The standard InChI is InChI=1S/C14H13NO2/c1-10(2)7-11-3-4-13-9-14(15(16)17)6-5-12(13)8-11/h3-9H,1-2H3. The quantitative estimate of drug-likeness (QED) is 0.570. The molecule has 0 saturated heterocycles. The van der Waals surface area contributed by atoms with Gasteiger partial charge in [0.2, 0.25) is 0 Å². The first-order valence-electron chi connectivity index (χ1n) is 5.39. The Morgan fingerprint density at radius 2 is 1.76 bits per heavy atom. The third-order valence-corrected chi connectivity index (χ3v) is 2.51. The van der Waals surface area contributed by atoms with Gasteiger partial charge in [-0.25, -0.2) is 0 Å². The molecule has 0 fully saturated rings. The van der Waals surface area contributed by atoms with E-state index in [9.17, 15) is 10.1 Å². The molecule has 2 aromatic carbocycles. The minimum Gasteiger partial charge on any atom is -0.258 e. The van der Waals surface area contributed by atoms with Gasteiger partial charge in [-0.1, -0.05) is 23.8 Å². The molecule has 0 radical (unpaired) electrons. The summed E-state index contributed by atoms with van der Waals surface area (Å²) in [7, 11) is 0. The van der Waals surface area contributed by atoms with Crippen LogP contribution in [0, 0.1) is 10.1 Å². The minimum atomic E-state index is -0.372. The minimum absolute atomic E-state index is 0.132. The number of nitro benzene ring substituents is 1. The Bertz CT molecular complexity index is 611. The summed E-state index contributed by atoms with van der Waals surface area (Å²) in [5.74, 6) is 0. The molecule has 0 atom stereocenters. The number of hydrogen-bond acceptors (Lipinski definition) is 2. The topological polar surface area (TPSA) is 43.1 Å². The second-order valence-electron chi connectivity index (χ2n) is 4.27. The SMILES string of the molecule is CC(C)=Cc1ccc2cc([N+](=O)[O-])ccc2c1. The molecule has 2 aromatic rings. The monoisotopic (exact) mass is 227 g/mol. The van der Waals surface area contributed by atoms with Crippen molar-refractivity contribution < 1.29 is 4.92 Å². The fraction of sp³-hybridized carbons (Fsp3) is 0.143. The fourth-order valence-corrected chi connectivity index (χ4v) is 1.79. The third-order valence-electron chi connectivity index (χ3n) is 2.51. The molecule has 0 spiro atoms. The fourth-order valence-electron chi connectivity index (χ4n) is 1.79. The Kier molecular flexibility index (Phi) is 2.91. The van der Waals surface area contributed by atoms with Crippen molar-refractivity contribution >= 4 is 22.5 Å². The van der Waals surface area contributed by atoms with E-state index >= 15 is 0 Å². The maximum Gasteiger partial charge on any atom is 0.270 e. The molecule has 0 bridgehead atoms. The Hall–Kier alpha value is -2.16. The van der Waals surface area contributed by atoms with Crippen molar-refractivity contribution in [3.8, 4) is 0 Å². The number of benzene rings is 2. The van der Waals surface area contributed by atoms with E-state index in [0.29, 0.717) is 0 Å². The lowest BCUT2D eigenvalue weighted by molar-refractivity contribution is -0.384. The second-order valence-corrected chi connectivity index (χ2v) is 4.27. The van der Waals surface area contributed by atoms with E-state index in [-0.39, 0.29) is 10.6 Å². The third kappa shape index (κ3) is 2.50. The van der Waals surface area contributed by atoms with Crippen molar-refractivity contribution in [3.63, 3.8) is 0 Å². The van der Waals surface area contributed by atoms with Crippen LogP contribution >= 0.6 is 0 Å². The van der Waals surface area contributed by atoms with Gasteiger partial charge in [0.25, 0.3) is 5.69 Å². The van der Waals surface area contributed by atoms with Gasteiger partial charge in [-0.05, 0) is 42.3 Å². The van der Waals surface area contributed by atoms with Crippen molar-refractivity contribution in [2.75, 3.05) is 0 Å². The van der Waals surface area contributed by atoms with Crippen LogP contribution in [0.2, 0.25) is 0 Å². The Morgan fingerprint density at radius 1 is 1.12 bits per heavy atom. The zero-order valence-corrected chi connectivity index (χ0v) is 9.81. The lowest BCUT2D eigenvalue weighted by Gasteiger charge is -2.00. The normalized spacial score (nSPS) is 10.2. The van der Waals surface area contributed by atoms with Crippen LogP contribution in [0.5, 0.6) is 0 Å². The molecule has 3 heteroatoms. The van der Waals surface area contributed by atoms with E-state index in [1.165, 1.54) is 11.6 Å². The molecule has 0 aromatic heterocycles. The molecule has 0 saturated carbocycles. The highest BCUT2D eigenvalue weighted by Gasteiger charge is 2.05. The molecule has 86 valence electrons. The number of hydrogen-bond donors (Lipinski definition) is 0. The van der Waals surface area contributed by atoms with Crippen LogP contribution in [0.25, 0.3) is 16.8 Å². The Labute approximate surface area is 99.5 Å². The summed E-state index contributed by atoms with van der Waals surface area (Å²) in [6.07, 6.45) is 2.08. The smallest absolute Gasteiger partial charge is 0.258 e. The summed E-state index contributed by atoms with van der Waals surface area (Å²) in [6, 6.07) is 10.8. The average molecular weight is 227 g/mol. The first-order valence-corrected chi connectivity index (χ1v) is 5.39. The van der Waals surface area contributed by atoms with Crippen LogP contribution < -0.4 is 0 Å². The summed E-state index contributed by atoms with van der Waals surface area (Å²) >= 11 is 0. The van der Waals surface area contributed by atoms with E-state index in [2.05, 4.69) is 6.08 Å². The molecule has 3 nitrogen and oxygen atoms in total. The molecule has 0 unspecified atom stereocenters. The average Bonchev–Trinajstić information content (AvgIpc) is 2.27. The van der Waals surface area contributed by atoms with E-state index < -0.39 is 0 Å². The number of fused-ring (bicyclic) bond motifs is 1. The van der Waals surface area contributed by atoms with Crippen LogP contribution in [-0.4, -0.2) is 4.92 Å². The van der Waals surface area contributed by atoms with Gasteiger partial charge in [-0.2, -0.15) is 0 Å². The predicted molar refractivity (Wildman–Crippen MR) is 69.9 cm³/mol. The van der Waals surface area contributed by atoms with Crippen molar-refractivity contribution in [2.24, 2.45) is 0 Å². The maximum atomic E-state index is 10.7. The maximum absolute atomic E-state index is 10.7. The van der Waals surface area contributed by atoms with E-state index in [1.54, 1.807) is 12.1 Å². The van der Waals surface area contributed by atoms with Crippen LogP contribution in [-0.2, 0) is 0 Å². The number of nitrogens with zero attached hydrogens (tertiary/aromatic N) is 1. The van der Waals surface area contributed by atoms with Gasteiger partial charge in [0, 0.05) is 12.1 Å². The Morgan fingerprint density at radius 3 is 2.41 bits per heavy atom. The van der Waals surface area contributed by atoms with Crippen molar-refractivity contribution in [2.45, 2.75) is 13.8 Å². The van der Waals surface area contributed by atoms with Crippen molar-refractivity contribution in [3.05, 3.63) is 57.6 Å². The van der Waals surface area contributed by atoms with E-state index in [4.69, 9.17) is 0 Å². The van der Waals surface area contributed by atoms with Crippen LogP contribution in [0.3, 0.4) is 0 Å². The van der Waals surface area contributed by atoms with Crippen LogP contribution in [0.1, 0.15) is 19.4 Å². The lowest BCUT2D eigenvalue weighted by atomic mass is 10.1. The van der Waals surface area contributed by atoms with Crippen molar-refractivity contribution in [1.82, 2.24) is 0 Å². The highest BCUT2D eigenvalue weighted by atomic mass is 16.6. The van der Waals surface area contributed by atoms with E-state index in [1.807, 2.05) is 32.0 Å². The molecule has 0 heterocycles. The lowest BCUT2D eigenvalue weighted by Crippen LogP contribution is -1.87. The largest absolute Gasteiger partial charge is 0.270 e. The van der Waals surface area contributed by atoms with Gasteiger partial charge in [-0.15, -0.1) is 0 Å². The zero-order valence-electron chi connectivity index (χ0n) is 9.81. The summed E-state index contributed by atoms with van der Waals surface area (Å²) in [5.41, 5.74) is 2.48. The highest BCUT2D eigenvalue weighted by Crippen LogP contribution is 2.22. The molecule has 0 aliphatic rings. The molecular weight excluding hydrogens is 214 g/mol. The zero-order chi connectivity index (χ0) is 12.4. The van der Waals surface area contributed by atoms with Crippen LogP contribution in [0.15, 0.2) is 42.0 Å². The molecule has 0 aliphatic heterocycles. The van der Waals surface area contributed by atoms with Crippen molar-refractivity contribution in [1.29, 1.82) is 0 Å². The van der Waals surface area contributed by atoms with E-state index in [0.717, 1.165) is 16.3 Å². The summed E-state index contributed by atoms with van der Waals surface area (Å²) in [4.78, 5) is 10.3. The number of allylic oxidation sites excluding steroid dienone is 1. The van der Waals surface area contributed by atoms with Crippen LogP contribution in [0.4, 0.5) is 5.69 Å². The first-order chi connectivity index (χ1) is 8.06. The number of rotatable bonds is 2. The van der Waals surface area contributed by atoms with Gasteiger partial charge in [0.15, 0.2) is 0 Å². The summed E-state index contributed by atoms with van der Waals surface area (Å²) < 4.78 is 0. The summed E-state index contributed by atoms with van der Waals surface area (Å²) in [5, 5.41) is 12.6. The first kappa shape index (κ1) is 11.3. The number of non-ortho nitro benzene ring substituents is 1. The molecule has 0 aliphatic carbocycles. The number of nitro groups is 1. The van der Waals surface area contributed by atoms with Gasteiger partial charge in [-0.3, -0.25) is 10.1 Å². The van der Waals surface area contributed by atoms with Gasteiger partial charge in [0.05, 0.1) is 4.92 Å². The molecule has 17 heavy (non-hydrogen) atoms. The van der Waals surface area contributed by atoms with Gasteiger partial charge >= 0.3 is 0 Å². The molecule has 0 amide bonds. The molecule has 2 rings (SSSR count). The van der Waals surface area contributed by atoms with Gasteiger partial charge in [0.1, 0.15) is 0 Å². The predicted octanol–water partition coefficient (Wildman–Crippen LogP) is 4.17. The summed E-state index contributed by atoms with van der Waals surface area (Å²) in [6.45, 7) is 4.08. The Balaban J connectivity index is 2.54. The molecular formula is C14H13NO2. The van der Waals surface area contributed by atoms with Gasteiger partial charge < -0.3 is 0 Å². The highest BCUT2D eigenvalue weighted by molar-refractivity contribution is 5.86. The molecule has 0 N–H and O–H groups in total.